The third kappa shape index (κ3) is 4.95. The van der Waals surface area contributed by atoms with E-state index >= 15 is 0 Å². The first-order valence-electron chi connectivity index (χ1n) is 9.40. The van der Waals surface area contributed by atoms with Crippen molar-refractivity contribution in [3.05, 3.63) is 57.8 Å². The number of hydrogen-bond donors (Lipinski definition) is 1. The van der Waals surface area contributed by atoms with Crippen LogP contribution in [0.15, 0.2) is 44.7 Å². The minimum atomic E-state index is -3.81. The van der Waals surface area contributed by atoms with Crippen LogP contribution in [0.3, 0.4) is 0 Å². The fourth-order valence-electron chi connectivity index (χ4n) is 2.86. The van der Waals surface area contributed by atoms with Gasteiger partial charge in [0.2, 0.25) is 0 Å². The summed E-state index contributed by atoms with van der Waals surface area (Å²) in [5, 5.41) is 0.579. The maximum atomic E-state index is 12.2. The molecule has 0 bridgehead atoms. The highest BCUT2D eigenvalue weighted by molar-refractivity contribution is 7.89. The molecule has 1 N–H and O–H groups in total. The average molecular weight is 433 g/mol. The molecule has 0 aliphatic rings. The van der Waals surface area contributed by atoms with Gasteiger partial charge in [-0.2, -0.15) is 0 Å². The van der Waals surface area contributed by atoms with Crippen LogP contribution in [0.2, 0.25) is 0 Å². The molecule has 0 atom stereocenters. The van der Waals surface area contributed by atoms with Crippen LogP contribution in [0.5, 0.6) is 0 Å². The molecule has 0 aliphatic carbocycles. The number of ether oxygens (including phenoxy) is 1. The number of rotatable bonds is 8. The van der Waals surface area contributed by atoms with E-state index in [0.717, 1.165) is 12.0 Å². The SMILES string of the molecule is CCc1ccc2c(COC(=O)CCNS(=O)(=O)c3cn(C)c(C)n3)cc(=O)oc2c1. The number of carbonyl (C=O) groups is 1. The highest BCUT2D eigenvalue weighted by atomic mass is 32.2. The van der Waals surface area contributed by atoms with Gasteiger partial charge in [0.25, 0.3) is 10.0 Å². The largest absolute Gasteiger partial charge is 0.461 e. The maximum absolute atomic E-state index is 12.2. The first-order chi connectivity index (χ1) is 14.2. The number of aryl methyl sites for hydroxylation is 3. The van der Waals surface area contributed by atoms with Crippen molar-refractivity contribution >= 4 is 27.0 Å². The predicted molar refractivity (Wildman–Crippen MR) is 109 cm³/mol. The van der Waals surface area contributed by atoms with Gasteiger partial charge in [0.05, 0.1) is 6.42 Å². The standard InChI is InChI=1S/C20H23N3O6S/c1-4-14-5-6-16-15(10-20(25)29-17(16)9-14)12-28-19(24)7-8-21-30(26,27)18-11-23(3)13(2)22-18/h5-6,9-11,21H,4,7-8,12H2,1-3H3. The first kappa shape index (κ1) is 21.7. The Morgan fingerprint density at radius 2 is 2.07 bits per heavy atom. The van der Waals surface area contributed by atoms with E-state index in [9.17, 15) is 18.0 Å². The summed E-state index contributed by atoms with van der Waals surface area (Å²) < 4.78 is 38.8. The van der Waals surface area contributed by atoms with Crippen molar-refractivity contribution in [2.75, 3.05) is 6.54 Å². The lowest BCUT2D eigenvalue weighted by atomic mass is 10.1. The van der Waals surface area contributed by atoms with Crippen molar-refractivity contribution in [1.82, 2.24) is 14.3 Å². The summed E-state index contributed by atoms with van der Waals surface area (Å²) >= 11 is 0. The summed E-state index contributed by atoms with van der Waals surface area (Å²) in [5.41, 5.74) is 1.46. The number of hydrogen-bond acceptors (Lipinski definition) is 7. The van der Waals surface area contributed by atoms with Crippen LogP contribution in [-0.2, 0) is 39.6 Å². The molecule has 0 unspecified atom stereocenters. The number of imidazole rings is 1. The molecule has 10 heteroatoms. The minimum Gasteiger partial charge on any atom is -0.461 e. The van der Waals surface area contributed by atoms with Crippen LogP contribution < -0.4 is 10.3 Å². The molecule has 1 aromatic carbocycles. The van der Waals surface area contributed by atoms with Crippen molar-refractivity contribution in [3.8, 4) is 0 Å². The highest BCUT2D eigenvalue weighted by Gasteiger charge is 2.18. The van der Waals surface area contributed by atoms with Gasteiger partial charge >= 0.3 is 11.6 Å². The maximum Gasteiger partial charge on any atom is 0.336 e. The van der Waals surface area contributed by atoms with Crippen molar-refractivity contribution in [2.24, 2.45) is 7.05 Å². The zero-order valence-electron chi connectivity index (χ0n) is 17.0. The molecule has 3 rings (SSSR count). The molecule has 0 saturated heterocycles. The third-order valence-electron chi connectivity index (χ3n) is 4.67. The van der Waals surface area contributed by atoms with Crippen molar-refractivity contribution in [1.29, 1.82) is 0 Å². The first-order valence-corrected chi connectivity index (χ1v) is 10.9. The van der Waals surface area contributed by atoms with E-state index in [1.54, 1.807) is 24.6 Å². The Morgan fingerprint density at radius 1 is 1.30 bits per heavy atom. The molecule has 0 amide bonds. The Bertz CT molecular complexity index is 1220. The molecule has 0 saturated carbocycles. The van der Waals surface area contributed by atoms with Crippen LogP contribution in [-0.4, -0.2) is 30.5 Å². The fourth-order valence-corrected chi connectivity index (χ4v) is 3.93. The number of nitrogens with zero attached hydrogens (tertiary/aromatic N) is 2. The number of fused-ring (bicyclic) bond motifs is 1. The van der Waals surface area contributed by atoms with E-state index in [-0.39, 0.29) is 24.6 Å². The van der Waals surface area contributed by atoms with E-state index in [4.69, 9.17) is 9.15 Å². The molecule has 160 valence electrons. The van der Waals surface area contributed by atoms with Gasteiger partial charge < -0.3 is 13.7 Å². The van der Waals surface area contributed by atoms with E-state index in [0.29, 0.717) is 22.4 Å². The van der Waals surface area contributed by atoms with Gasteiger partial charge in [0.1, 0.15) is 18.0 Å². The number of esters is 1. The van der Waals surface area contributed by atoms with Gasteiger partial charge in [-0.1, -0.05) is 19.1 Å². The molecular weight excluding hydrogens is 410 g/mol. The van der Waals surface area contributed by atoms with E-state index in [1.165, 1.54) is 12.3 Å². The zero-order chi connectivity index (χ0) is 21.9. The molecule has 0 radical (unpaired) electrons. The summed E-state index contributed by atoms with van der Waals surface area (Å²) in [5.74, 6) is -0.0399. The molecule has 3 aromatic rings. The normalized spacial score (nSPS) is 11.7. The zero-order valence-corrected chi connectivity index (χ0v) is 17.8. The van der Waals surface area contributed by atoms with Crippen LogP contribution >= 0.6 is 0 Å². The van der Waals surface area contributed by atoms with E-state index < -0.39 is 21.6 Å². The van der Waals surface area contributed by atoms with Gasteiger partial charge in [-0.15, -0.1) is 0 Å². The predicted octanol–water partition coefficient (Wildman–Crippen LogP) is 1.81. The lowest BCUT2D eigenvalue weighted by Gasteiger charge is -2.08. The second kappa shape index (κ2) is 8.80. The molecule has 2 heterocycles. The van der Waals surface area contributed by atoms with Crippen molar-refractivity contribution in [3.63, 3.8) is 0 Å². The van der Waals surface area contributed by atoms with E-state index in [1.807, 2.05) is 19.1 Å². The molecule has 0 spiro atoms. The topological polar surface area (TPSA) is 121 Å². The number of sulfonamides is 1. The van der Waals surface area contributed by atoms with Crippen LogP contribution in [0.25, 0.3) is 11.0 Å². The van der Waals surface area contributed by atoms with E-state index in [2.05, 4.69) is 9.71 Å². The smallest absolute Gasteiger partial charge is 0.336 e. The fraction of sp³-hybridized carbons (Fsp3) is 0.350. The van der Waals surface area contributed by atoms with Gasteiger partial charge in [-0.3, -0.25) is 4.79 Å². The van der Waals surface area contributed by atoms with Crippen molar-refractivity contribution < 1.29 is 22.4 Å². The summed E-state index contributed by atoms with van der Waals surface area (Å²) in [6.07, 6.45) is 2.03. The number of benzene rings is 1. The molecular formula is C20H23N3O6S. The lowest BCUT2D eigenvalue weighted by Crippen LogP contribution is -2.27. The Morgan fingerprint density at radius 3 is 2.73 bits per heavy atom. The monoisotopic (exact) mass is 433 g/mol. The highest BCUT2D eigenvalue weighted by Crippen LogP contribution is 2.20. The van der Waals surface area contributed by atoms with Gasteiger partial charge in [0.15, 0.2) is 5.03 Å². The van der Waals surface area contributed by atoms with Crippen LogP contribution in [0, 0.1) is 6.92 Å². The van der Waals surface area contributed by atoms with Gasteiger partial charge in [0, 0.05) is 36.8 Å². The molecule has 0 fully saturated rings. The molecule has 0 aliphatic heterocycles. The summed E-state index contributed by atoms with van der Waals surface area (Å²) in [7, 11) is -2.12. The molecule has 2 aromatic heterocycles. The number of aromatic nitrogens is 2. The lowest BCUT2D eigenvalue weighted by molar-refractivity contribution is -0.144. The Hall–Kier alpha value is -2.98. The van der Waals surface area contributed by atoms with Crippen molar-refractivity contribution in [2.45, 2.75) is 38.3 Å². The number of nitrogens with one attached hydrogen (secondary N) is 1. The summed E-state index contributed by atoms with van der Waals surface area (Å²) in [6, 6.07) is 6.81. The Labute approximate surface area is 173 Å². The molecule has 9 nitrogen and oxygen atoms in total. The van der Waals surface area contributed by atoms with Crippen LogP contribution in [0.1, 0.15) is 30.3 Å². The third-order valence-corrected chi connectivity index (χ3v) is 6.01. The summed E-state index contributed by atoms with van der Waals surface area (Å²) in [4.78, 5) is 27.8. The number of carbonyl (C=O) groups excluding carboxylic acids is 1. The van der Waals surface area contributed by atoms with Crippen LogP contribution in [0.4, 0.5) is 0 Å². The average Bonchev–Trinajstić information content (AvgIpc) is 3.04. The Kier molecular flexibility index (Phi) is 6.37. The minimum absolute atomic E-state index is 0.107. The Balaban J connectivity index is 1.59. The quantitative estimate of drug-likeness (QED) is 0.425. The molecule has 30 heavy (non-hydrogen) atoms. The summed E-state index contributed by atoms with van der Waals surface area (Å²) in [6.45, 7) is 3.44. The second-order valence-electron chi connectivity index (χ2n) is 6.82. The van der Waals surface area contributed by atoms with Gasteiger partial charge in [-0.25, -0.2) is 22.9 Å². The van der Waals surface area contributed by atoms with Gasteiger partial charge in [-0.05, 0) is 25.0 Å². The second-order valence-corrected chi connectivity index (χ2v) is 8.53.